The van der Waals surface area contributed by atoms with Crippen LogP contribution in [0.25, 0.3) is 0 Å². The molecule has 1 aromatic carbocycles. The van der Waals surface area contributed by atoms with E-state index in [-0.39, 0.29) is 12.5 Å². The number of aryl methyl sites for hydroxylation is 1. The summed E-state index contributed by atoms with van der Waals surface area (Å²) in [5, 5.41) is 12.6. The van der Waals surface area contributed by atoms with E-state index >= 15 is 0 Å². The zero-order chi connectivity index (χ0) is 13.9. The molecular formula is C16H22N2O2. The number of benzene rings is 1. The van der Waals surface area contributed by atoms with Crippen molar-refractivity contribution in [3.63, 3.8) is 0 Å². The molecule has 0 unspecified atom stereocenters. The molecule has 1 fully saturated rings. The third kappa shape index (κ3) is 2.52. The Hall–Kier alpha value is -1.55. The second kappa shape index (κ2) is 5.83. The SMILES string of the molecule is O=C(c1cccc2c1NCCC2)N1CCC(CO)CC1. The second-order valence-corrected chi connectivity index (χ2v) is 5.79. The van der Waals surface area contributed by atoms with E-state index in [1.54, 1.807) is 0 Å². The number of nitrogens with zero attached hydrogens (tertiary/aromatic N) is 1. The first-order valence-electron chi connectivity index (χ1n) is 7.55. The Morgan fingerprint density at radius 2 is 2.15 bits per heavy atom. The van der Waals surface area contributed by atoms with Crippen LogP contribution in [-0.2, 0) is 6.42 Å². The van der Waals surface area contributed by atoms with Crippen LogP contribution in [0.5, 0.6) is 0 Å². The lowest BCUT2D eigenvalue weighted by Crippen LogP contribution is -2.39. The van der Waals surface area contributed by atoms with Gasteiger partial charge in [-0.25, -0.2) is 0 Å². The Morgan fingerprint density at radius 3 is 2.90 bits per heavy atom. The highest BCUT2D eigenvalue weighted by Crippen LogP contribution is 2.28. The number of aliphatic hydroxyl groups is 1. The van der Waals surface area contributed by atoms with Crippen LogP contribution in [0.3, 0.4) is 0 Å². The first-order chi connectivity index (χ1) is 9.79. The van der Waals surface area contributed by atoms with Crippen LogP contribution in [0.1, 0.15) is 35.2 Å². The van der Waals surface area contributed by atoms with E-state index in [0.717, 1.165) is 56.6 Å². The topological polar surface area (TPSA) is 52.6 Å². The number of hydrogen-bond donors (Lipinski definition) is 2. The van der Waals surface area contributed by atoms with Gasteiger partial charge >= 0.3 is 0 Å². The highest BCUT2D eigenvalue weighted by molar-refractivity contribution is 6.00. The maximum absolute atomic E-state index is 12.7. The Bertz CT molecular complexity index is 493. The number of carbonyl (C=O) groups is 1. The molecule has 4 heteroatoms. The van der Waals surface area contributed by atoms with Crippen LogP contribution in [0.15, 0.2) is 18.2 Å². The molecule has 3 rings (SSSR count). The van der Waals surface area contributed by atoms with Gasteiger partial charge in [0.25, 0.3) is 5.91 Å². The van der Waals surface area contributed by atoms with Crippen molar-refractivity contribution in [1.29, 1.82) is 0 Å². The third-order valence-corrected chi connectivity index (χ3v) is 4.47. The van der Waals surface area contributed by atoms with Gasteiger partial charge in [0.15, 0.2) is 0 Å². The van der Waals surface area contributed by atoms with Gasteiger partial charge in [0.1, 0.15) is 0 Å². The van der Waals surface area contributed by atoms with E-state index in [4.69, 9.17) is 0 Å². The van der Waals surface area contributed by atoms with Gasteiger partial charge in [-0.15, -0.1) is 0 Å². The number of piperidine rings is 1. The Balaban J connectivity index is 1.78. The van der Waals surface area contributed by atoms with E-state index in [1.165, 1.54) is 5.56 Å². The fourth-order valence-corrected chi connectivity index (χ4v) is 3.18. The minimum absolute atomic E-state index is 0.132. The average molecular weight is 274 g/mol. The molecular weight excluding hydrogens is 252 g/mol. The molecule has 20 heavy (non-hydrogen) atoms. The highest BCUT2D eigenvalue weighted by Gasteiger charge is 2.26. The van der Waals surface area contributed by atoms with E-state index in [9.17, 15) is 9.90 Å². The largest absolute Gasteiger partial charge is 0.396 e. The van der Waals surface area contributed by atoms with Gasteiger partial charge in [0.05, 0.1) is 11.3 Å². The molecule has 0 aromatic heterocycles. The van der Waals surface area contributed by atoms with Gasteiger partial charge in [0.2, 0.25) is 0 Å². The molecule has 1 aromatic rings. The number of likely N-dealkylation sites (tertiary alicyclic amines) is 1. The summed E-state index contributed by atoms with van der Waals surface area (Å²) in [5.41, 5.74) is 3.10. The molecule has 4 nitrogen and oxygen atoms in total. The van der Waals surface area contributed by atoms with E-state index < -0.39 is 0 Å². The maximum Gasteiger partial charge on any atom is 0.255 e. The van der Waals surface area contributed by atoms with Crippen molar-refractivity contribution in [3.8, 4) is 0 Å². The van der Waals surface area contributed by atoms with Crippen molar-refractivity contribution in [2.75, 3.05) is 31.6 Å². The molecule has 2 heterocycles. The lowest BCUT2D eigenvalue weighted by atomic mass is 9.95. The van der Waals surface area contributed by atoms with E-state index in [0.29, 0.717) is 5.92 Å². The molecule has 108 valence electrons. The van der Waals surface area contributed by atoms with E-state index in [2.05, 4.69) is 11.4 Å². The smallest absolute Gasteiger partial charge is 0.255 e. The normalized spacial score (nSPS) is 19.4. The van der Waals surface area contributed by atoms with Crippen molar-refractivity contribution in [3.05, 3.63) is 29.3 Å². The number of aliphatic hydroxyl groups excluding tert-OH is 1. The molecule has 0 spiro atoms. The molecule has 0 aliphatic carbocycles. The number of hydrogen-bond acceptors (Lipinski definition) is 3. The van der Waals surface area contributed by atoms with Crippen LogP contribution < -0.4 is 5.32 Å². The molecule has 0 saturated carbocycles. The lowest BCUT2D eigenvalue weighted by Gasteiger charge is -2.32. The molecule has 0 radical (unpaired) electrons. The lowest BCUT2D eigenvalue weighted by molar-refractivity contribution is 0.0651. The first-order valence-corrected chi connectivity index (χ1v) is 7.55. The van der Waals surface area contributed by atoms with Gasteiger partial charge < -0.3 is 15.3 Å². The minimum atomic E-state index is 0.132. The predicted molar refractivity (Wildman–Crippen MR) is 79.0 cm³/mol. The van der Waals surface area contributed by atoms with Crippen molar-refractivity contribution in [2.24, 2.45) is 5.92 Å². The zero-order valence-corrected chi connectivity index (χ0v) is 11.8. The zero-order valence-electron chi connectivity index (χ0n) is 11.8. The fraction of sp³-hybridized carbons (Fsp3) is 0.562. The van der Waals surface area contributed by atoms with Gasteiger partial charge in [-0.3, -0.25) is 4.79 Å². The first kappa shape index (κ1) is 13.4. The number of rotatable bonds is 2. The highest BCUT2D eigenvalue weighted by atomic mass is 16.3. The summed E-state index contributed by atoms with van der Waals surface area (Å²) in [6.07, 6.45) is 4.00. The maximum atomic E-state index is 12.7. The van der Waals surface area contributed by atoms with Crippen molar-refractivity contribution < 1.29 is 9.90 Å². The minimum Gasteiger partial charge on any atom is -0.396 e. The van der Waals surface area contributed by atoms with Gasteiger partial charge in [-0.05, 0) is 43.2 Å². The third-order valence-electron chi connectivity index (χ3n) is 4.47. The number of carbonyl (C=O) groups excluding carboxylic acids is 1. The van der Waals surface area contributed by atoms with Crippen molar-refractivity contribution >= 4 is 11.6 Å². The number of nitrogens with one attached hydrogen (secondary N) is 1. The summed E-state index contributed by atoms with van der Waals surface area (Å²) in [5.74, 6) is 0.495. The quantitative estimate of drug-likeness (QED) is 0.866. The van der Waals surface area contributed by atoms with Crippen LogP contribution in [0, 0.1) is 5.92 Å². The average Bonchev–Trinajstić information content (AvgIpc) is 2.54. The summed E-state index contributed by atoms with van der Waals surface area (Å²) >= 11 is 0. The summed E-state index contributed by atoms with van der Waals surface area (Å²) in [4.78, 5) is 14.6. The Morgan fingerprint density at radius 1 is 1.35 bits per heavy atom. The van der Waals surface area contributed by atoms with Crippen LogP contribution >= 0.6 is 0 Å². The summed E-state index contributed by atoms with van der Waals surface area (Å²) < 4.78 is 0. The molecule has 2 N–H and O–H groups in total. The summed E-state index contributed by atoms with van der Waals surface area (Å²) in [6.45, 7) is 2.70. The van der Waals surface area contributed by atoms with Crippen LogP contribution in [-0.4, -0.2) is 42.2 Å². The number of amides is 1. The van der Waals surface area contributed by atoms with Gasteiger partial charge in [-0.1, -0.05) is 12.1 Å². The molecule has 0 atom stereocenters. The van der Waals surface area contributed by atoms with Gasteiger partial charge in [-0.2, -0.15) is 0 Å². The number of fused-ring (bicyclic) bond motifs is 1. The van der Waals surface area contributed by atoms with Gasteiger partial charge in [0, 0.05) is 26.2 Å². The van der Waals surface area contributed by atoms with E-state index in [1.807, 2.05) is 17.0 Å². The van der Waals surface area contributed by atoms with Crippen molar-refractivity contribution in [2.45, 2.75) is 25.7 Å². The molecule has 1 saturated heterocycles. The molecule has 2 aliphatic rings. The number of anilines is 1. The van der Waals surface area contributed by atoms with Crippen LogP contribution in [0.2, 0.25) is 0 Å². The Kier molecular flexibility index (Phi) is 3.92. The number of para-hydroxylation sites is 1. The van der Waals surface area contributed by atoms with Crippen LogP contribution in [0.4, 0.5) is 5.69 Å². The monoisotopic (exact) mass is 274 g/mol. The fourth-order valence-electron chi connectivity index (χ4n) is 3.18. The molecule has 1 amide bonds. The standard InChI is InChI=1S/C16H22N2O2/c19-11-12-6-9-18(10-7-12)16(20)14-5-1-3-13-4-2-8-17-15(13)14/h1,3,5,12,17,19H,2,4,6-11H2. The molecule has 2 aliphatic heterocycles. The second-order valence-electron chi connectivity index (χ2n) is 5.79. The van der Waals surface area contributed by atoms with Crippen molar-refractivity contribution in [1.82, 2.24) is 4.90 Å². The molecule has 0 bridgehead atoms. The summed E-state index contributed by atoms with van der Waals surface area (Å²) in [7, 11) is 0. The summed E-state index contributed by atoms with van der Waals surface area (Å²) in [6, 6.07) is 6.02. The predicted octanol–water partition coefficient (Wildman–Crippen LogP) is 1.89. The Labute approximate surface area is 119 Å².